The summed E-state index contributed by atoms with van der Waals surface area (Å²) in [5.41, 5.74) is 2.09. The Morgan fingerprint density at radius 3 is 2.20 bits per heavy atom. The van der Waals surface area contributed by atoms with E-state index < -0.39 is 10.1 Å². The molecule has 0 amide bonds. The van der Waals surface area contributed by atoms with Crippen LogP contribution in [0.3, 0.4) is 0 Å². The molecule has 25 heavy (non-hydrogen) atoms. The summed E-state index contributed by atoms with van der Waals surface area (Å²) >= 11 is 5.87. The lowest BCUT2D eigenvalue weighted by molar-refractivity contribution is 0.405. The van der Waals surface area contributed by atoms with E-state index in [0.29, 0.717) is 17.7 Å². The Labute approximate surface area is 150 Å². The summed E-state index contributed by atoms with van der Waals surface area (Å²) in [5, 5.41) is 21.6. The van der Waals surface area contributed by atoms with Gasteiger partial charge in [0, 0.05) is 22.8 Å². The number of pyridine rings is 1. The molecule has 0 radical (unpaired) electrons. The maximum absolute atomic E-state index is 9.66. The number of rotatable bonds is 2. The molecule has 3 aromatic rings. The second-order valence-corrected chi connectivity index (χ2v) is 7.30. The molecule has 6 nitrogen and oxygen atoms in total. The highest BCUT2D eigenvalue weighted by atomic mass is 35.5. The van der Waals surface area contributed by atoms with E-state index in [2.05, 4.69) is 4.98 Å². The molecule has 0 aliphatic heterocycles. The molecule has 0 saturated carbocycles. The molecule has 0 spiro atoms. The minimum atomic E-state index is -3.67. The van der Waals surface area contributed by atoms with Gasteiger partial charge < -0.3 is 10.2 Å². The third kappa shape index (κ3) is 5.90. The van der Waals surface area contributed by atoms with E-state index in [4.69, 9.17) is 16.2 Å². The molecule has 8 heteroatoms. The second kappa shape index (κ2) is 7.69. The van der Waals surface area contributed by atoms with E-state index in [9.17, 15) is 18.6 Å². The van der Waals surface area contributed by atoms with Gasteiger partial charge in [-0.25, -0.2) is 0 Å². The number of phenols is 2. The van der Waals surface area contributed by atoms with Crippen molar-refractivity contribution in [3.8, 4) is 11.5 Å². The van der Waals surface area contributed by atoms with Crippen molar-refractivity contribution in [2.24, 2.45) is 0 Å². The summed E-state index contributed by atoms with van der Waals surface area (Å²) in [6.45, 7) is 0. The van der Waals surface area contributed by atoms with Gasteiger partial charge in [-0.05, 0) is 47.2 Å². The maximum atomic E-state index is 9.66. The molecule has 3 N–H and O–H groups in total. The van der Waals surface area contributed by atoms with Crippen LogP contribution in [0.4, 0.5) is 0 Å². The molecule has 0 fully saturated rings. The number of halogens is 1. The second-order valence-electron chi connectivity index (χ2n) is 5.40. The van der Waals surface area contributed by atoms with Crippen molar-refractivity contribution in [2.75, 3.05) is 6.26 Å². The number of nitrogens with zero attached hydrogens (tertiary/aromatic N) is 1. The highest BCUT2D eigenvalue weighted by Gasteiger charge is 2.07. The van der Waals surface area contributed by atoms with Crippen LogP contribution < -0.4 is 0 Å². The van der Waals surface area contributed by atoms with Gasteiger partial charge in [-0.3, -0.25) is 9.54 Å². The molecular formula is C17H16ClNO5S. The summed E-state index contributed by atoms with van der Waals surface area (Å²) in [4.78, 5) is 4.18. The van der Waals surface area contributed by atoms with Crippen LogP contribution in [0.15, 0.2) is 48.8 Å². The van der Waals surface area contributed by atoms with Crippen LogP contribution in [0.5, 0.6) is 11.5 Å². The first-order valence-electron chi connectivity index (χ1n) is 7.09. The number of hydrogen-bond donors (Lipinski definition) is 3. The Hall–Kier alpha value is -2.35. The largest absolute Gasteiger partial charge is 0.504 e. The monoisotopic (exact) mass is 381 g/mol. The molecule has 0 aliphatic carbocycles. The zero-order chi connectivity index (χ0) is 18.6. The SMILES string of the molecule is CS(=O)(=O)O.Oc1cc2cncc(Cc3ccc(Cl)cc3)c2cc1O. The van der Waals surface area contributed by atoms with Gasteiger partial charge in [-0.2, -0.15) is 8.42 Å². The third-order valence-electron chi connectivity index (χ3n) is 3.24. The summed E-state index contributed by atoms with van der Waals surface area (Å²) in [6.07, 6.45) is 4.84. The lowest BCUT2D eigenvalue weighted by atomic mass is 10.0. The van der Waals surface area contributed by atoms with E-state index in [0.717, 1.165) is 21.9 Å². The summed E-state index contributed by atoms with van der Waals surface area (Å²) in [7, 11) is -3.67. The molecule has 132 valence electrons. The van der Waals surface area contributed by atoms with Crippen LogP contribution in [0.1, 0.15) is 11.1 Å². The molecule has 0 bridgehead atoms. The Bertz CT molecular complexity index is 980. The zero-order valence-corrected chi connectivity index (χ0v) is 14.8. The molecule has 0 saturated heterocycles. The van der Waals surface area contributed by atoms with Gasteiger partial charge in [0.15, 0.2) is 11.5 Å². The van der Waals surface area contributed by atoms with Crippen LogP contribution in [0.25, 0.3) is 10.8 Å². The fraction of sp³-hybridized carbons (Fsp3) is 0.118. The van der Waals surface area contributed by atoms with Crippen molar-refractivity contribution >= 4 is 32.5 Å². The third-order valence-corrected chi connectivity index (χ3v) is 3.50. The number of hydrogen-bond acceptors (Lipinski definition) is 5. The Morgan fingerprint density at radius 2 is 1.60 bits per heavy atom. The first-order chi connectivity index (χ1) is 11.6. The predicted octanol–water partition coefficient (Wildman–Crippen LogP) is 3.39. The fourth-order valence-corrected chi connectivity index (χ4v) is 2.34. The van der Waals surface area contributed by atoms with Crippen LogP contribution in [-0.4, -0.2) is 34.4 Å². The van der Waals surface area contributed by atoms with Crippen LogP contribution >= 0.6 is 11.6 Å². The lowest BCUT2D eigenvalue weighted by Crippen LogP contribution is -1.91. The van der Waals surface area contributed by atoms with Crippen molar-refractivity contribution in [1.82, 2.24) is 4.98 Å². The summed E-state index contributed by atoms with van der Waals surface area (Å²) < 4.78 is 25.9. The van der Waals surface area contributed by atoms with E-state index in [1.165, 1.54) is 6.07 Å². The molecule has 1 heterocycles. The Balaban J connectivity index is 0.000000399. The number of aromatic nitrogens is 1. The van der Waals surface area contributed by atoms with Gasteiger partial charge in [-0.15, -0.1) is 0 Å². The molecular weight excluding hydrogens is 366 g/mol. The van der Waals surface area contributed by atoms with Gasteiger partial charge in [0.1, 0.15) is 0 Å². The molecule has 3 rings (SSSR count). The standard InChI is InChI=1S/C16H12ClNO2.CH4O3S/c17-13-3-1-10(2-4-13)5-11-8-18-9-12-6-15(19)16(20)7-14(11)12;1-5(2,3)4/h1-4,6-9,19-20H,5H2;1H3,(H,2,3,4). The van der Waals surface area contributed by atoms with E-state index in [1.807, 2.05) is 24.3 Å². The molecule has 1 aromatic heterocycles. The molecule has 0 unspecified atom stereocenters. The number of benzene rings is 2. The zero-order valence-electron chi connectivity index (χ0n) is 13.2. The van der Waals surface area contributed by atoms with Crippen molar-refractivity contribution in [3.05, 3.63) is 64.9 Å². The van der Waals surface area contributed by atoms with Crippen molar-refractivity contribution in [1.29, 1.82) is 0 Å². The average Bonchev–Trinajstić information content (AvgIpc) is 2.50. The molecule has 2 aromatic carbocycles. The molecule has 0 atom stereocenters. The van der Waals surface area contributed by atoms with Gasteiger partial charge in [0.05, 0.1) is 6.26 Å². The first kappa shape index (κ1) is 19.0. The maximum Gasteiger partial charge on any atom is 0.261 e. The van der Waals surface area contributed by atoms with Crippen molar-refractivity contribution in [2.45, 2.75) is 6.42 Å². The summed E-state index contributed by atoms with van der Waals surface area (Å²) in [6, 6.07) is 10.7. The Kier molecular flexibility index (Phi) is 5.84. The predicted molar refractivity (Wildman–Crippen MR) is 96.8 cm³/mol. The first-order valence-corrected chi connectivity index (χ1v) is 9.31. The topological polar surface area (TPSA) is 108 Å². The minimum Gasteiger partial charge on any atom is -0.504 e. The van der Waals surface area contributed by atoms with Gasteiger partial charge in [0.25, 0.3) is 10.1 Å². The molecule has 0 aliphatic rings. The van der Waals surface area contributed by atoms with Crippen LogP contribution in [0, 0.1) is 0 Å². The number of aromatic hydroxyl groups is 2. The van der Waals surface area contributed by atoms with Crippen LogP contribution in [-0.2, 0) is 16.5 Å². The van der Waals surface area contributed by atoms with Gasteiger partial charge >= 0.3 is 0 Å². The van der Waals surface area contributed by atoms with Gasteiger partial charge in [-0.1, -0.05) is 23.7 Å². The quantitative estimate of drug-likeness (QED) is 0.464. The van der Waals surface area contributed by atoms with Crippen molar-refractivity contribution in [3.63, 3.8) is 0 Å². The van der Waals surface area contributed by atoms with Gasteiger partial charge in [0.2, 0.25) is 0 Å². The average molecular weight is 382 g/mol. The highest BCUT2D eigenvalue weighted by molar-refractivity contribution is 7.85. The number of phenolic OH excluding ortho intramolecular Hbond substituents is 2. The normalized spacial score (nSPS) is 11.0. The number of fused-ring (bicyclic) bond motifs is 1. The highest BCUT2D eigenvalue weighted by Crippen LogP contribution is 2.32. The van der Waals surface area contributed by atoms with Crippen molar-refractivity contribution < 1.29 is 23.2 Å². The van der Waals surface area contributed by atoms with E-state index >= 15 is 0 Å². The minimum absolute atomic E-state index is 0.124. The van der Waals surface area contributed by atoms with E-state index in [1.54, 1.807) is 18.5 Å². The Morgan fingerprint density at radius 1 is 1.04 bits per heavy atom. The van der Waals surface area contributed by atoms with E-state index in [-0.39, 0.29) is 11.5 Å². The smallest absolute Gasteiger partial charge is 0.261 e. The van der Waals surface area contributed by atoms with Crippen LogP contribution in [0.2, 0.25) is 5.02 Å². The summed E-state index contributed by atoms with van der Waals surface area (Å²) in [5.74, 6) is -0.260. The fourth-order valence-electron chi connectivity index (χ4n) is 2.22. The lowest BCUT2D eigenvalue weighted by Gasteiger charge is -2.08.